The fourth-order valence-electron chi connectivity index (χ4n) is 1.83. The maximum atomic E-state index is 11.9. The molecule has 0 aliphatic carbocycles. The second-order valence-electron chi connectivity index (χ2n) is 4.91. The van der Waals surface area contributed by atoms with Gasteiger partial charge in [0.15, 0.2) is 0 Å². The predicted molar refractivity (Wildman–Crippen MR) is 92.8 cm³/mol. The number of hydrogen-bond donors (Lipinski definition) is 3. The average Bonchev–Trinajstić information content (AvgIpc) is 3.03. The molecular weight excluding hydrogens is 368 g/mol. The molecule has 0 saturated carbocycles. The van der Waals surface area contributed by atoms with Crippen molar-refractivity contribution in [2.24, 2.45) is 0 Å². The largest absolute Gasteiger partial charge is 0.480 e. The van der Waals surface area contributed by atoms with Gasteiger partial charge in [0.05, 0.1) is 9.21 Å². The Hall–Kier alpha value is -2.58. The SMILES string of the molecule is O=C(N[C@H](CNC(=O)c1ccc(Cl)s1)C(=O)O)OCc1ccccc1. The maximum Gasteiger partial charge on any atom is 0.408 e. The number of thiophene rings is 1. The van der Waals surface area contributed by atoms with Gasteiger partial charge in [0.25, 0.3) is 5.91 Å². The monoisotopic (exact) mass is 382 g/mol. The van der Waals surface area contributed by atoms with Gasteiger partial charge in [-0.15, -0.1) is 11.3 Å². The van der Waals surface area contributed by atoms with Crippen molar-refractivity contribution in [2.45, 2.75) is 12.6 Å². The van der Waals surface area contributed by atoms with Gasteiger partial charge in [-0.1, -0.05) is 41.9 Å². The van der Waals surface area contributed by atoms with Crippen LogP contribution in [0.1, 0.15) is 15.2 Å². The summed E-state index contributed by atoms with van der Waals surface area (Å²) in [6.45, 7) is -0.275. The van der Waals surface area contributed by atoms with Gasteiger partial charge in [-0.25, -0.2) is 9.59 Å². The van der Waals surface area contributed by atoms with Crippen LogP contribution in [0.3, 0.4) is 0 Å². The Morgan fingerprint density at radius 1 is 1.16 bits per heavy atom. The Bertz CT molecular complexity index is 750. The lowest BCUT2D eigenvalue weighted by Crippen LogP contribution is -2.48. The van der Waals surface area contributed by atoms with Crippen LogP contribution in [0.5, 0.6) is 0 Å². The van der Waals surface area contributed by atoms with Crippen molar-refractivity contribution < 1.29 is 24.2 Å². The van der Waals surface area contributed by atoms with E-state index in [0.29, 0.717) is 9.21 Å². The second kappa shape index (κ2) is 9.05. The highest BCUT2D eigenvalue weighted by Gasteiger charge is 2.22. The molecule has 1 heterocycles. The molecule has 0 bridgehead atoms. The zero-order chi connectivity index (χ0) is 18.2. The van der Waals surface area contributed by atoms with Crippen LogP contribution in [0.15, 0.2) is 42.5 Å². The van der Waals surface area contributed by atoms with Crippen LogP contribution in [-0.2, 0) is 16.1 Å². The number of nitrogens with one attached hydrogen (secondary N) is 2. The summed E-state index contributed by atoms with van der Waals surface area (Å²) in [6, 6.07) is 10.7. The van der Waals surface area contributed by atoms with Gasteiger partial charge in [0.1, 0.15) is 12.6 Å². The number of alkyl carbamates (subject to hydrolysis) is 1. The smallest absolute Gasteiger partial charge is 0.408 e. The Morgan fingerprint density at radius 2 is 1.88 bits per heavy atom. The lowest BCUT2D eigenvalue weighted by molar-refractivity contribution is -0.139. The molecule has 3 N–H and O–H groups in total. The summed E-state index contributed by atoms with van der Waals surface area (Å²) < 4.78 is 5.41. The summed E-state index contributed by atoms with van der Waals surface area (Å²) in [5.41, 5.74) is 0.771. The van der Waals surface area contributed by atoms with E-state index >= 15 is 0 Å². The predicted octanol–water partition coefficient (Wildman–Crippen LogP) is 2.51. The van der Waals surface area contributed by atoms with E-state index < -0.39 is 24.0 Å². The molecule has 0 unspecified atom stereocenters. The summed E-state index contributed by atoms with van der Waals surface area (Å²) in [5.74, 6) is -1.76. The van der Waals surface area contributed by atoms with Crippen molar-refractivity contribution in [2.75, 3.05) is 6.54 Å². The highest BCUT2D eigenvalue weighted by Crippen LogP contribution is 2.21. The lowest BCUT2D eigenvalue weighted by atomic mass is 10.2. The van der Waals surface area contributed by atoms with Crippen molar-refractivity contribution in [3.8, 4) is 0 Å². The molecule has 0 spiro atoms. The molecule has 1 atom stereocenters. The van der Waals surface area contributed by atoms with Gasteiger partial charge in [-0.3, -0.25) is 4.79 Å². The number of ether oxygens (including phenoxy) is 1. The number of benzene rings is 1. The minimum absolute atomic E-state index is 0.0130. The van der Waals surface area contributed by atoms with Crippen molar-refractivity contribution in [3.63, 3.8) is 0 Å². The van der Waals surface area contributed by atoms with Crippen LogP contribution >= 0.6 is 22.9 Å². The van der Waals surface area contributed by atoms with Crippen molar-refractivity contribution in [1.29, 1.82) is 0 Å². The lowest BCUT2D eigenvalue weighted by Gasteiger charge is -2.15. The van der Waals surface area contributed by atoms with Gasteiger partial charge in [0.2, 0.25) is 0 Å². The zero-order valence-corrected chi connectivity index (χ0v) is 14.5. The van der Waals surface area contributed by atoms with E-state index in [1.807, 2.05) is 6.07 Å². The van der Waals surface area contributed by atoms with E-state index in [0.717, 1.165) is 16.9 Å². The third-order valence-corrected chi connectivity index (χ3v) is 4.30. The first-order chi connectivity index (χ1) is 12.0. The Labute approximate surface area is 152 Å². The molecule has 0 aliphatic rings. The van der Waals surface area contributed by atoms with E-state index in [1.165, 1.54) is 6.07 Å². The van der Waals surface area contributed by atoms with Crippen LogP contribution in [-0.4, -0.2) is 35.7 Å². The minimum atomic E-state index is -1.32. The zero-order valence-electron chi connectivity index (χ0n) is 12.9. The standard InChI is InChI=1S/C16H15ClN2O5S/c17-13-7-6-12(25-13)14(20)18-8-11(15(21)22)19-16(23)24-9-10-4-2-1-3-5-10/h1-7,11H,8-9H2,(H,18,20)(H,19,23)(H,21,22)/t11-/m1/s1. The molecule has 2 aromatic rings. The first-order valence-corrected chi connectivity index (χ1v) is 8.38. The number of aliphatic carboxylic acids is 1. The third-order valence-electron chi connectivity index (χ3n) is 3.07. The summed E-state index contributed by atoms with van der Waals surface area (Å²) in [4.78, 5) is 35.2. The molecule has 7 nitrogen and oxygen atoms in total. The molecular formula is C16H15ClN2O5S. The first kappa shape index (κ1) is 18.8. The van der Waals surface area contributed by atoms with E-state index in [9.17, 15) is 14.4 Å². The molecule has 0 fully saturated rings. The summed E-state index contributed by atoms with van der Waals surface area (Å²) in [7, 11) is 0. The molecule has 25 heavy (non-hydrogen) atoms. The van der Waals surface area contributed by atoms with Gasteiger partial charge < -0.3 is 20.5 Å². The van der Waals surface area contributed by atoms with Gasteiger partial charge in [-0.05, 0) is 17.7 Å². The molecule has 0 aliphatic heterocycles. The molecule has 2 amide bonds. The number of rotatable bonds is 7. The van der Waals surface area contributed by atoms with Crippen molar-refractivity contribution >= 4 is 40.9 Å². The fraction of sp³-hybridized carbons (Fsp3) is 0.188. The highest BCUT2D eigenvalue weighted by atomic mass is 35.5. The fourth-order valence-corrected chi connectivity index (χ4v) is 2.78. The normalized spacial score (nSPS) is 11.4. The molecule has 9 heteroatoms. The van der Waals surface area contributed by atoms with Crippen LogP contribution in [0.2, 0.25) is 4.34 Å². The Balaban J connectivity index is 1.82. The summed E-state index contributed by atoms with van der Waals surface area (Å²) in [6.07, 6.45) is -0.885. The van der Waals surface area contributed by atoms with Crippen LogP contribution < -0.4 is 10.6 Å². The van der Waals surface area contributed by atoms with E-state index in [1.54, 1.807) is 30.3 Å². The number of carbonyl (C=O) groups excluding carboxylic acids is 2. The van der Waals surface area contributed by atoms with Crippen LogP contribution in [0, 0.1) is 0 Å². The second-order valence-corrected chi connectivity index (χ2v) is 6.63. The molecule has 132 valence electrons. The molecule has 2 rings (SSSR count). The number of carboxylic acid groups (broad SMARTS) is 1. The van der Waals surface area contributed by atoms with Crippen molar-refractivity contribution in [1.82, 2.24) is 10.6 Å². The number of hydrogen-bond acceptors (Lipinski definition) is 5. The molecule has 0 saturated heterocycles. The topological polar surface area (TPSA) is 105 Å². The van der Waals surface area contributed by atoms with E-state index in [4.69, 9.17) is 21.4 Å². The molecule has 1 aromatic heterocycles. The quantitative estimate of drug-likeness (QED) is 0.682. The van der Waals surface area contributed by atoms with Gasteiger partial charge >= 0.3 is 12.1 Å². The molecule has 0 radical (unpaired) electrons. The van der Waals surface area contributed by atoms with Gasteiger partial charge in [0, 0.05) is 6.54 Å². The summed E-state index contributed by atoms with van der Waals surface area (Å²) >= 11 is 6.81. The Kier molecular flexibility index (Phi) is 6.79. The number of amides is 2. The first-order valence-electron chi connectivity index (χ1n) is 7.19. The van der Waals surface area contributed by atoms with Crippen LogP contribution in [0.4, 0.5) is 4.79 Å². The maximum absolute atomic E-state index is 11.9. The van der Waals surface area contributed by atoms with Gasteiger partial charge in [-0.2, -0.15) is 0 Å². The van der Waals surface area contributed by atoms with Crippen LogP contribution in [0.25, 0.3) is 0 Å². The summed E-state index contributed by atoms with van der Waals surface area (Å²) in [5, 5.41) is 13.8. The molecule has 1 aromatic carbocycles. The van der Waals surface area contributed by atoms with Crippen molar-refractivity contribution in [3.05, 3.63) is 57.2 Å². The highest BCUT2D eigenvalue weighted by molar-refractivity contribution is 7.17. The Morgan fingerprint density at radius 3 is 2.48 bits per heavy atom. The number of carboxylic acids is 1. The minimum Gasteiger partial charge on any atom is -0.480 e. The van der Waals surface area contributed by atoms with E-state index in [-0.39, 0.29) is 13.2 Å². The average molecular weight is 383 g/mol. The van der Waals surface area contributed by atoms with E-state index in [2.05, 4.69) is 10.6 Å². The third kappa shape index (κ3) is 6.09. The number of carbonyl (C=O) groups is 3. The number of halogens is 1.